The standard InChI is InChI=1S/C25H32FN5O2/c1-31(2)24-19-7-5-6-8-21(19)29-25(30-24)28-18-11-9-17(10-12-18)27-15-16-13-22(32-3)23(33-4)14-20(16)26/h5-8,13-14,17-18,27H,9-12,15H2,1-4H3,(H,28,29,30). The van der Waals surface area contributed by atoms with Gasteiger partial charge in [0, 0.05) is 49.7 Å². The number of hydrogen-bond donors (Lipinski definition) is 2. The molecule has 1 saturated carbocycles. The Balaban J connectivity index is 1.34. The zero-order valence-corrected chi connectivity index (χ0v) is 19.7. The highest BCUT2D eigenvalue weighted by atomic mass is 19.1. The molecule has 2 aromatic carbocycles. The smallest absolute Gasteiger partial charge is 0.225 e. The van der Waals surface area contributed by atoms with E-state index in [-0.39, 0.29) is 5.82 Å². The van der Waals surface area contributed by atoms with Crippen LogP contribution < -0.4 is 25.0 Å². The molecule has 0 aliphatic heterocycles. The van der Waals surface area contributed by atoms with E-state index in [1.165, 1.54) is 13.2 Å². The molecule has 3 aromatic rings. The molecule has 0 spiro atoms. The summed E-state index contributed by atoms with van der Waals surface area (Å²) in [6.07, 6.45) is 4.00. The Morgan fingerprint density at radius 1 is 0.970 bits per heavy atom. The third-order valence-electron chi connectivity index (χ3n) is 6.20. The van der Waals surface area contributed by atoms with Gasteiger partial charge in [-0.25, -0.2) is 9.37 Å². The summed E-state index contributed by atoms with van der Waals surface area (Å²) < 4.78 is 24.9. The number of nitrogens with zero attached hydrogens (tertiary/aromatic N) is 3. The maximum Gasteiger partial charge on any atom is 0.225 e. The lowest BCUT2D eigenvalue weighted by Gasteiger charge is -2.30. The average molecular weight is 454 g/mol. The molecule has 0 radical (unpaired) electrons. The van der Waals surface area contributed by atoms with Crippen LogP contribution in [0.15, 0.2) is 36.4 Å². The Hall–Kier alpha value is -3.13. The minimum Gasteiger partial charge on any atom is -0.493 e. The number of ether oxygens (including phenoxy) is 2. The van der Waals surface area contributed by atoms with E-state index in [0.717, 1.165) is 42.4 Å². The fourth-order valence-electron chi connectivity index (χ4n) is 4.38. The topological polar surface area (TPSA) is 71.5 Å². The van der Waals surface area contributed by atoms with Crippen LogP contribution in [-0.4, -0.2) is 50.4 Å². The second-order valence-corrected chi connectivity index (χ2v) is 8.65. The van der Waals surface area contributed by atoms with Gasteiger partial charge in [0.2, 0.25) is 5.95 Å². The molecule has 0 amide bonds. The SMILES string of the molecule is COc1cc(F)c(CNC2CCC(Nc3nc(N(C)C)c4ccccc4n3)CC2)cc1OC. The molecule has 0 unspecified atom stereocenters. The van der Waals surface area contributed by atoms with Gasteiger partial charge < -0.3 is 25.0 Å². The Morgan fingerprint density at radius 3 is 2.33 bits per heavy atom. The van der Waals surface area contributed by atoms with E-state index in [1.807, 2.05) is 43.3 Å². The number of aromatic nitrogens is 2. The zero-order chi connectivity index (χ0) is 23.4. The quantitative estimate of drug-likeness (QED) is 0.525. The van der Waals surface area contributed by atoms with E-state index in [2.05, 4.69) is 10.6 Å². The second-order valence-electron chi connectivity index (χ2n) is 8.65. The summed E-state index contributed by atoms with van der Waals surface area (Å²) >= 11 is 0. The molecule has 2 N–H and O–H groups in total. The number of fused-ring (bicyclic) bond motifs is 1. The highest BCUT2D eigenvalue weighted by Gasteiger charge is 2.22. The summed E-state index contributed by atoms with van der Waals surface area (Å²) in [5.41, 5.74) is 1.51. The molecular formula is C25H32FN5O2. The van der Waals surface area contributed by atoms with Crippen LogP contribution in [0, 0.1) is 5.82 Å². The fourth-order valence-corrected chi connectivity index (χ4v) is 4.38. The van der Waals surface area contributed by atoms with Crippen molar-refractivity contribution in [2.45, 2.75) is 44.3 Å². The van der Waals surface area contributed by atoms with Crippen LogP contribution >= 0.6 is 0 Å². The van der Waals surface area contributed by atoms with E-state index in [1.54, 1.807) is 13.2 Å². The number of hydrogen-bond acceptors (Lipinski definition) is 7. The van der Waals surface area contributed by atoms with Crippen LogP contribution in [0.3, 0.4) is 0 Å². The first kappa shape index (κ1) is 23.0. The van der Waals surface area contributed by atoms with Gasteiger partial charge in [0.25, 0.3) is 0 Å². The average Bonchev–Trinajstić information content (AvgIpc) is 2.83. The first-order chi connectivity index (χ1) is 16.0. The van der Waals surface area contributed by atoms with Crippen molar-refractivity contribution in [3.63, 3.8) is 0 Å². The Kier molecular flexibility index (Phi) is 7.13. The predicted octanol–water partition coefficient (Wildman–Crippen LogP) is 4.37. The number of anilines is 2. The highest BCUT2D eigenvalue weighted by molar-refractivity contribution is 5.90. The molecule has 0 saturated heterocycles. The number of methoxy groups -OCH3 is 2. The number of benzene rings is 2. The van der Waals surface area contributed by atoms with E-state index >= 15 is 0 Å². The molecule has 1 fully saturated rings. The van der Waals surface area contributed by atoms with Crippen LogP contribution in [0.4, 0.5) is 16.2 Å². The highest BCUT2D eigenvalue weighted by Crippen LogP contribution is 2.30. The third kappa shape index (κ3) is 5.27. The largest absolute Gasteiger partial charge is 0.493 e. The van der Waals surface area contributed by atoms with Gasteiger partial charge in [-0.3, -0.25) is 0 Å². The molecule has 8 heteroatoms. The molecule has 176 valence electrons. The van der Waals surface area contributed by atoms with Crippen molar-refractivity contribution >= 4 is 22.7 Å². The fraction of sp³-hybridized carbons (Fsp3) is 0.440. The van der Waals surface area contributed by atoms with Crippen molar-refractivity contribution < 1.29 is 13.9 Å². The third-order valence-corrected chi connectivity index (χ3v) is 6.20. The van der Waals surface area contributed by atoms with Gasteiger partial charge in [-0.15, -0.1) is 0 Å². The van der Waals surface area contributed by atoms with Crippen LogP contribution in [0.25, 0.3) is 10.9 Å². The maximum atomic E-state index is 14.4. The van der Waals surface area contributed by atoms with Crippen molar-refractivity contribution in [1.29, 1.82) is 0 Å². The number of rotatable bonds is 8. The molecule has 1 heterocycles. The Labute approximate surface area is 194 Å². The summed E-state index contributed by atoms with van der Waals surface area (Å²) in [5, 5.41) is 8.08. The van der Waals surface area contributed by atoms with Gasteiger partial charge in [-0.2, -0.15) is 4.98 Å². The molecule has 1 aliphatic rings. The van der Waals surface area contributed by atoms with Gasteiger partial charge in [0.1, 0.15) is 11.6 Å². The molecule has 0 bridgehead atoms. The summed E-state index contributed by atoms with van der Waals surface area (Å²) in [5.74, 6) is 2.23. The molecule has 1 aliphatic carbocycles. The van der Waals surface area contributed by atoms with Crippen LogP contribution in [0.1, 0.15) is 31.2 Å². The molecule has 1 aromatic heterocycles. The van der Waals surface area contributed by atoms with Gasteiger partial charge in [-0.05, 0) is 43.9 Å². The molecule has 0 atom stereocenters. The first-order valence-electron chi connectivity index (χ1n) is 11.3. The minimum atomic E-state index is -0.291. The molecule has 4 rings (SSSR count). The minimum absolute atomic E-state index is 0.291. The molecule has 33 heavy (non-hydrogen) atoms. The molecular weight excluding hydrogens is 421 g/mol. The maximum absolute atomic E-state index is 14.4. The number of nitrogens with one attached hydrogen (secondary N) is 2. The van der Waals surface area contributed by atoms with Crippen molar-refractivity contribution in [3.8, 4) is 11.5 Å². The summed E-state index contributed by atoms with van der Waals surface area (Å²) in [4.78, 5) is 11.5. The number of para-hydroxylation sites is 1. The summed E-state index contributed by atoms with van der Waals surface area (Å²) in [6.45, 7) is 0.453. The Bertz CT molecular complexity index is 1100. The van der Waals surface area contributed by atoms with E-state index < -0.39 is 0 Å². The first-order valence-corrected chi connectivity index (χ1v) is 11.3. The normalized spacial score (nSPS) is 18.2. The number of halogens is 1. The predicted molar refractivity (Wildman–Crippen MR) is 130 cm³/mol. The van der Waals surface area contributed by atoms with Crippen molar-refractivity contribution in [2.24, 2.45) is 0 Å². The van der Waals surface area contributed by atoms with Crippen molar-refractivity contribution in [1.82, 2.24) is 15.3 Å². The summed E-state index contributed by atoms with van der Waals surface area (Å²) in [7, 11) is 7.06. The van der Waals surface area contributed by atoms with Crippen molar-refractivity contribution in [2.75, 3.05) is 38.5 Å². The zero-order valence-electron chi connectivity index (χ0n) is 19.7. The van der Waals surface area contributed by atoms with E-state index in [9.17, 15) is 4.39 Å². The Morgan fingerprint density at radius 2 is 1.64 bits per heavy atom. The summed E-state index contributed by atoms with van der Waals surface area (Å²) in [6, 6.07) is 11.8. The van der Waals surface area contributed by atoms with Gasteiger partial charge >= 0.3 is 0 Å². The lowest BCUT2D eigenvalue weighted by atomic mass is 9.91. The molecule has 7 nitrogen and oxygen atoms in total. The van der Waals surface area contributed by atoms with Crippen LogP contribution in [-0.2, 0) is 6.54 Å². The van der Waals surface area contributed by atoms with E-state index in [0.29, 0.717) is 41.6 Å². The van der Waals surface area contributed by atoms with Crippen LogP contribution in [0.2, 0.25) is 0 Å². The lowest BCUT2D eigenvalue weighted by molar-refractivity contribution is 0.343. The lowest BCUT2D eigenvalue weighted by Crippen LogP contribution is -2.37. The van der Waals surface area contributed by atoms with E-state index in [4.69, 9.17) is 19.4 Å². The monoisotopic (exact) mass is 453 g/mol. The second kappa shape index (κ2) is 10.2. The van der Waals surface area contributed by atoms with Crippen LogP contribution in [0.5, 0.6) is 11.5 Å². The van der Waals surface area contributed by atoms with Crippen molar-refractivity contribution in [3.05, 3.63) is 47.8 Å². The van der Waals surface area contributed by atoms with Gasteiger partial charge in [-0.1, -0.05) is 12.1 Å². The van der Waals surface area contributed by atoms with Gasteiger partial charge in [0.05, 0.1) is 19.7 Å². The van der Waals surface area contributed by atoms with Gasteiger partial charge in [0.15, 0.2) is 11.5 Å².